The van der Waals surface area contributed by atoms with Gasteiger partial charge in [-0.1, -0.05) is 26.0 Å². The first-order valence-electron chi connectivity index (χ1n) is 5.80. The molecule has 1 aliphatic rings. The second-order valence-corrected chi connectivity index (χ2v) is 5.34. The van der Waals surface area contributed by atoms with Gasteiger partial charge in [0.1, 0.15) is 0 Å². The summed E-state index contributed by atoms with van der Waals surface area (Å²) in [5, 5.41) is 0. The van der Waals surface area contributed by atoms with Gasteiger partial charge in [0.15, 0.2) is 0 Å². The lowest BCUT2D eigenvalue weighted by molar-refractivity contribution is 0.675. The third kappa shape index (κ3) is 2.57. The number of halogens is 2. The van der Waals surface area contributed by atoms with E-state index in [0.29, 0.717) is 0 Å². The highest BCUT2D eigenvalue weighted by atomic mass is 128. The Labute approximate surface area is 129 Å². The molecule has 0 saturated carbocycles. The van der Waals surface area contributed by atoms with Crippen molar-refractivity contribution in [1.29, 1.82) is 0 Å². The molecule has 0 amide bonds. The highest BCUT2D eigenvalue weighted by molar-refractivity contribution is 15.0. The van der Waals surface area contributed by atoms with Gasteiger partial charge in [0.05, 0.1) is 0 Å². The van der Waals surface area contributed by atoms with Crippen LogP contribution in [0.4, 0.5) is 0 Å². The molecule has 0 saturated heterocycles. The van der Waals surface area contributed by atoms with Crippen LogP contribution in [0.25, 0.3) is 6.08 Å². The second-order valence-electron chi connectivity index (χ2n) is 5.34. The van der Waals surface area contributed by atoms with E-state index in [4.69, 9.17) is 0 Å². The van der Waals surface area contributed by atoms with Crippen molar-refractivity contribution < 1.29 is 0 Å². The van der Waals surface area contributed by atoms with Gasteiger partial charge in [-0.2, -0.15) is 0 Å². The number of benzene rings is 1. The summed E-state index contributed by atoms with van der Waals surface area (Å²) < 4.78 is 0. The maximum Gasteiger partial charge on any atom is 0.00873 e. The fraction of sp³-hybridized carbons (Fsp3) is 0.467. The Morgan fingerprint density at radius 1 is 0.824 bits per heavy atom. The minimum atomic E-state index is 0.211. The molecule has 1 aromatic carbocycles. The van der Waals surface area contributed by atoms with Crippen LogP contribution in [0, 0.1) is 27.7 Å². The third-order valence-corrected chi connectivity index (χ3v) is 4.05. The highest BCUT2D eigenvalue weighted by Gasteiger charge is 2.29. The number of rotatable bonds is 0. The molecule has 0 fully saturated rings. The SMILES string of the molecule is Cc1c(C)c(C)c2c(c1C)C=CC2(C)C.II. The summed E-state index contributed by atoms with van der Waals surface area (Å²) in [6.45, 7) is 13.6. The normalized spacial score (nSPS) is 15.3. The predicted octanol–water partition coefficient (Wildman–Crippen LogP) is 6.00. The molecule has 0 bridgehead atoms. The number of hydrogen-bond donors (Lipinski definition) is 0. The number of hydrogen-bond acceptors (Lipinski definition) is 0. The van der Waals surface area contributed by atoms with Gasteiger partial charge in [-0.05, 0) is 61.1 Å². The van der Waals surface area contributed by atoms with Crippen LogP contribution in [0.5, 0.6) is 0 Å². The summed E-state index contributed by atoms with van der Waals surface area (Å²) in [6.07, 6.45) is 4.63. The zero-order valence-electron chi connectivity index (χ0n) is 11.4. The maximum absolute atomic E-state index is 2.33. The molecule has 17 heavy (non-hydrogen) atoms. The van der Waals surface area contributed by atoms with E-state index in [9.17, 15) is 0 Å². The Morgan fingerprint density at radius 3 is 1.82 bits per heavy atom. The lowest BCUT2D eigenvalue weighted by Crippen LogP contribution is -2.15. The zero-order valence-corrected chi connectivity index (χ0v) is 15.7. The van der Waals surface area contributed by atoms with Crippen molar-refractivity contribution in [1.82, 2.24) is 0 Å². The summed E-state index contributed by atoms with van der Waals surface area (Å²) in [5.41, 5.74) is 9.04. The second kappa shape index (κ2) is 5.59. The van der Waals surface area contributed by atoms with Gasteiger partial charge >= 0.3 is 0 Å². The molecule has 94 valence electrons. The van der Waals surface area contributed by atoms with Gasteiger partial charge in [0, 0.05) is 42.6 Å². The first kappa shape index (κ1) is 15.5. The molecule has 1 aromatic rings. The molecule has 2 heteroatoms. The Bertz CT molecular complexity index is 469. The van der Waals surface area contributed by atoms with Crippen LogP contribution in [-0.4, -0.2) is 0 Å². The Kier molecular flexibility index (Phi) is 5.09. The van der Waals surface area contributed by atoms with Crippen molar-refractivity contribution in [3.05, 3.63) is 39.5 Å². The minimum absolute atomic E-state index is 0.211. The fourth-order valence-electron chi connectivity index (χ4n) is 2.76. The molecule has 1 aliphatic carbocycles. The number of fused-ring (bicyclic) bond motifs is 1. The summed E-state index contributed by atoms with van der Waals surface area (Å²) in [7, 11) is 0. The van der Waals surface area contributed by atoms with E-state index in [1.165, 1.54) is 33.4 Å². The Balaban J connectivity index is 0.000000686. The number of allylic oxidation sites excluding steroid dienone is 1. The van der Waals surface area contributed by atoms with Crippen LogP contribution in [0.2, 0.25) is 0 Å². The van der Waals surface area contributed by atoms with Crippen molar-refractivity contribution in [2.45, 2.75) is 47.0 Å². The van der Waals surface area contributed by atoms with Crippen LogP contribution in [0.15, 0.2) is 6.08 Å². The van der Waals surface area contributed by atoms with Crippen molar-refractivity contribution in [2.24, 2.45) is 0 Å². The van der Waals surface area contributed by atoms with E-state index in [0.717, 1.165) is 0 Å². The Morgan fingerprint density at radius 2 is 1.29 bits per heavy atom. The summed E-state index contributed by atoms with van der Waals surface area (Å²) >= 11 is 4.24. The molecule has 0 N–H and O–H groups in total. The molecule has 0 heterocycles. The van der Waals surface area contributed by atoms with E-state index < -0.39 is 0 Å². The van der Waals surface area contributed by atoms with Gasteiger partial charge in [0.2, 0.25) is 0 Å². The summed E-state index contributed by atoms with van der Waals surface area (Å²) in [4.78, 5) is 0. The van der Waals surface area contributed by atoms with E-state index in [-0.39, 0.29) is 5.41 Å². The molecule has 0 nitrogen and oxygen atoms in total. The van der Waals surface area contributed by atoms with Crippen molar-refractivity contribution in [3.63, 3.8) is 0 Å². The lowest BCUT2D eigenvalue weighted by atomic mass is 9.80. The predicted molar refractivity (Wildman–Crippen MR) is 95.5 cm³/mol. The largest absolute Gasteiger partial charge is 0.0738 e. The molecule has 0 aromatic heterocycles. The molecule has 0 aliphatic heterocycles. The zero-order chi connectivity index (χ0) is 13.4. The van der Waals surface area contributed by atoms with Gasteiger partial charge < -0.3 is 0 Å². The van der Waals surface area contributed by atoms with E-state index >= 15 is 0 Å². The molecule has 0 unspecified atom stereocenters. The standard InChI is InChI=1S/C15H20.I2/c1-9-10(2)12(4)14-13(11(9)3)7-8-15(14,5)6;1-2/h7-8H,1-6H3;. The first-order valence-corrected chi connectivity index (χ1v) is 12.1. The lowest BCUT2D eigenvalue weighted by Gasteiger charge is -2.24. The third-order valence-electron chi connectivity index (χ3n) is 4.05. The van der Waals surface area contributed by atoms with Gasteiger partial charge in [-0.25, -0.2) is 0 Å². The smallest absolute Gasteiger partial charge is 0.00873 e. The average molecular weight is 454 g/mol. The molecular weight excluding hydrogens is 434 g/mol. The molecule has 0 atom stereocenters. The van der Waals surface area contributed by atoms with Gasteiger partial charge in [0.25, 0.3) is 0 Å². The van der Waals surface area contributed by atoms with E-state index in [1.54, 1.807) is 0 Å². The van der Waals surface area contributed by atoms with E-state index in [2.05, 4.69) is 90.9 Å². The van der Waals surface area contributed by atoms with E-state index in [1.807, 2.05) is 0 Å². The van der Waals surface area contributed by atoms with Crippen LogP contribution in [-0.2, 0) is 5.41 Å². The molecular formula is C15H20I2. The van der Waals surface area contributed by atoms with Crippen LogP contribution in [0.3, 0.4) is 0 Å². The topological polar surface area (TPSA) is 0 Å². The highest BCUT2D eigenvalue weighted by Crippen LogP contribution is 2.41. The van der Waals surface area contributed by atoms with Crippen molar-refractivity contribution in [2.75, 3.05) is 0 Å². The van der Waals surface area contributed by atoms with Crippen LogP contribution >= 0.6 is 37.2 Å². The van der Waals surface area contributed by atoms with Crippen molar-refractivity contribution in [3.8, 4) is 0 Å². The summed E-state index contributed by atoms with van der Waals surface area (Å²) in [5.74, 6) is 0. The monoisotopic (exact) mass is 454 g/mol. The van der Waals surface area contributed by atoms with Crippen molar-refractivity contribution >= 4 is 43.3 Å². The molecule has 2 rings (SSSR count). The fourth-order valence-corrected chi connectivity index (χ4v) is 2.76. The molecule has 0 spiro atoms. The summed E-state index contributed by atoms with van der Waals surface area (Å²) in [6, 6.07) is 0. The minimum Gasteiger partial charge on any atom is -0.0738 e. The maximum atomic E-state index is 2.33. The first-order chi connectivity index (χ1) is 7.86. The Hall–Kier alpha value is 0.420. The molecule has 0 radical (unpaired) electrons. The van der Waals surface area contributed by atoms with Crippen LogP contribution in [0.1, 0.15) is 47.2 Å². The van der Waals surface area contributed by atoms with Crippen LogP contribution < -0.4 is 0 Å². The average Bonchev–Trinajstić information content (AvgIpc) is 2.62. The quantitative estimate of drug-likeness (QED) is 0.423. The van der Waals surface area contributed by atoms with Gasteiger partial charge in [-0.15, -0.1) is 0 Å². The van der Waals surface area contributed by atoms with Gasteiger partial charge in [-0.3, -0.25) is 0 Å².